The molecule has 0 aromatic heterocycles. The van der Waals surface area contributed by atoms with Crippen molar-refractivity contribution in [2.75, 3.05) is 12.2 Å². The monoisotopic (exact) mass is 257 g/mol. The van der Waals surface area contributed by atoms with Crippen molar-refractivity contribution in [2.45, 2.75) is 6.61 Å². The van der Waals surface area contributed by atoms with Crippen molar-refractivity contribution in [1.29, 1.82) is 0 Å². The van der Waals surface area contributed by atoms with E-state index in [9.17, 15) is 10.0 Å². The third-order valence-corrected chi connectivity index (χ3v) is 2.73. The minimum Gasteiger partial charge on any atom is -0.380 e. The van der Waals surface area contributed by atoms with Crippen LogP contribution in [0.1, 0.15) is 15.9 Å². The maximum atomic E-state index is 12.1. The van der Waals surface area contributed by atoms with Gasteiger partial charge in [0.25, 0.3) is 5.91 Å². The molecule has 2 rings (SSSR count). The number of ether oxygens (including phenoxy) is 1. The van der Waals surface area contributed by atoms with Crippen molar-refractivity contribution < 1.29 is 14.7 Å². The lowest BCUT2D eigenvalue weighted by atomic mass is 10.1. The van der Waals surface area contributed by atoms with E-state index < -0.39 is 5.91 Å². The summed E-state index contributed by atoms with van der Waals surface area (Å²) in [5.74, 6) is -0.468. The minimum absolute atomic E-state index is 0.329. The fraction of sp³-hybridized carbons (Fsp3) is 0.133. The van der Waals surface area contributed by atoms with Gasteiger partial charge >= 0.3 is 0 Å². The number of hydrogen-bond donors (Lipinski definition) is 1. The molecule has 1 amide bonds. The lowest BCUT2D eigenvalue weighted by Crippen LogP contribution is -2.28. The number of carbonyl (C=O) groups excluding carboxylic acids is 1. The minimum atomic E-state index is -0.468. The molecule has 0 atom stereocenters. The van der Waals surface area contributed by atoms with Crippen molar-refractivity contribution in [3.05, 3.63) is 65.7 Å². The second kappa shape index (κ2) is 6.13. The van der Waals surface area contributed by atoms with E-state index in [0.29, 0.717) is 22.9 Å². The molecule has 1 N–H and O–H groups in total. The Morgan fingerprint density at radius 3 is 2.42 bits per heavy atom. The van der Waals surface area contributed by atoms with E-state index in [-0.39, 0.29) is 0 Å². The smallest absolute Gasteiger partial charge is 0.281 e. The zero-order valence-electron chi connectivity index (χ0n) is 10.6. The van der Waals surface area contributed by atoms with Crippen LogP contribution in [0.4, 0.5) is 5.69 Å². The SMILES string of the molecule is COCc1ccccc1N(O)C(=O)c1ccccc1. The molecule has 0 radical (unpaired) electrons. The molecule has 4 heteroatoms. The fourth-order valence-corrected chi connectivity index (χ4v) is 1.81. The van der Waals surface area contributed by atoms with Gasteiger partial charge in [-0.25, -0.2) is 0 Å². The number of amides is 1. The molecule has 2 aromatic carbocycles. The molecule has 4 nitrogen and oxygen atoms in total. The van der Waals surface area contributed by atoms with Gasteiger partial charge in [-0.2, -0.15) is 5.06 Å². The van der Waals surface area contributed by atoms with Gasteiger partial charge in [0.1, 0.15) is 0 Å². The quantitative estimate of drug-likeness (QED) is 0.676. The van der Waals surface area contributed by atoms with E-state index in [1.54, 1.807) is 49.6 Å². The first kappa shape index (κ1) is 13.3. The van der Waals surface area contributed by atoms with E-state index in [4.69, 9.17) is 4.74 Å². The van der Waals surface area contributed by atoms with Crippen LogP contribution in [-0.4, -0.2) is 18.2 Å². The number of rotatable bonds is 4. The number of carbonyl (C=O) groups is 1. The van der Waals surface area contributed by atoms with Gasteiger partial charge in [-0.05, 0) is 18.2 Å². The molecule has 0 spiro atoms. The Morgan fingerprint density at radius 1 is 1.11 bits per heavy atom. The summed E-state index contributed by atoms with van der Waals surface area (Å²) >= 11 is 0. The highest BCUT2D eigenvalue weighted by Gasteiger charge is 2.17. The van der Waals surface area contributed by atoms with Gasteiger partial charge in [-0.1, -0.05) is 36.4 Å². The van der Waals surface area contributed by atoms with Crippen LogP contribution in [0.15, 0.2) is 54.6 Å². The average molecular weight is 257 g/mol. The lowest BCUT2D eigenvalue weighted by Gasteiger charge is -2.18. The van der Waals surface area contributed by atoms with Crippen molar-refractivity contribution in [1.82, 2.24) is 0 Å². The highest BCUT2D eigenvalue weighted by Crippen LogP contribution is 2.21. The first-order valence-electron chi connectivity index (χ1n) is 5.89. The Kier molecular flexibility index (Phi) is 4.28. The fourth-order valence-electron chi connectivity index (χ4n) is 1.81. The summed E-state index contributed by atoms with van der Waals surface area (Å²) in [5, 5.41) is 10.7. The van der Waals surface area contributed by atoms with Gasteiger partial charge < -0.3 is 4.74 Å². The van der Waals surface area contributed by atoms with Gasteiger partial charge in [0.05, 0.1) is 12.3 Å². The molecule has 0 aliphatic rings. The van der Waals surface area contributed by atoms with Gasteiger partial charge in [0.15, 0.2) is 0 Å². The van der Waals surface area contributed by atoms with Crippen molar-refractivity contribution in [3.63, 3.8) is 0 Å². The van der Waals surface area contributed by atoms with E-state index >= 15 is 0 Å². The maximum Gasteiger partial charge on any atom is 0.281 e. The first-order chi connectivity index (χ1) is 9.24. The van der Waals surface area contributed by atoms with Gasteiger partial charge in [0.2, 0.25) is 0 Å². The van der Waals surface area contributed by atoms with Crippen LogP contribution in [-0.2, 0) is 11.3 Å². The van der Waals surface area contributed by atoms with Crippen LogP contribution in [0.5, 0.6) is 0 Å². The second-order valence-corrected chi connectivity index (χ2v) is 4.04. The number of anilines is 1. The molecule has 98 valence electrons. The number of hydroxylamine groups is 1. The summed E-state index contributed by atoms with van der Waals surface area (Å²) in [6.07, 6.45) is 0. The van der Waals surface area contributed by atoms with E-state index in [1.165, 1.54) is 0 Å². The molecule has 0 aliphatic carbocycles. The van der Waals surface area contributed by atoms with Crippen LogP contribution in [0.3, 0.4) is 0 Å². The second-order valence-electron chi connectivity index (χ2n) is 4.04. The summed E-state index contributed by atoms with van der Waals surface area (Å²) in [7, 11) is 1.57. The van der Waals surface area contributed by atoms with Gasteiger partial charge in [-0.15, -0.1) is 0 Å². The van der Waals surface area contributed by atoms with Crippen LogP contribution >= 0.6 is 0 Å². The van der Waals surface area contributed by atoms with Crippen molar-refractivity contribution >= 4 is 11.6 Å². The molecule has 0 bridgehead atoms. The summed E-state index contributed by atoms with van der Waals surface area (Å²) < 4.78 is 5.06. The van der Waals surface area contributed by atoms with E-state index in [1.807, 2.05) is 12.1 Å². The third kappa shape index (κ3) is 2.99. The largest absolute Gasteiger partial charge is 0.380 e. The van der Waals surface area contributed by atoms with Crippen molar-refractivity contribution in [2.24, 2.45) is 0 Å². The summed E-state index contributed by atoms with van der Waals surface area (Å²) in [6.45, 7) is 0.329. The number of methoxy groups -OCH3 is 1. The van der Waals surface area contributed by atoms with E-state index in [2.05, 4.69) is 0 Å². The standard InChI is InChI=1S/C15H15NO3/c1-19-11-13-9-5-6-10-14(13)16(18)15(17)12-7-3-2-4-8-12/h2-10,18H,11H2,1H3. The number of nitrogens with zero attached hydrogens (tertiary/aromatic N) is 1. The molecule has 0 fully saturated rings. The lowest BCUT2D eigenvalue weighted by molar-refractivity contribution is 0.0852. The predicted molar refractivity (Wildman–Crippen MR) is 72.2 cm³/mol. The third-order valence-electron chi connectivity index (χ3n) is 2.73. The summed E-state index contributed by atoms with van der Waals surface area (Å²) in [4.78, 5) is 12.1. The maximum absolute atomic E-state index is 12.1. The molecule has 0 saturated carbocycles. The topological polar surface area (TPSA) is 49.8 Å². The zero-order chi connectivity index (χ0) is 13.7. The Labute approximate surface area is 111 Å². The van der Waals surface area contributed by atoms with Crippen LogP contribution in [0, 0.1) is 0 Å². The normalized spacial score (nSPS) is 10.2. The van der Waals surface area contributed by atoms with Gasteiger partial charge in [0, 0.05) is 18.2 Å². The molecular formula is C15H15NO3. The molecule has 2 aromatic rings. The number of hydrogen-bond acceptors (Lipinski definition) is 3. The zero-order valence-corrected chi connectivity index (χ0v) is 10.6. The van der Waals surface area contributed by atoms with Crippen molar-refractivity contribution in [3.8, 4) is 0 Å². The van der Waals surface area contributed by atoms with Crippen LogP contribution in [0.25, 0.3) is 0 Å². The van der Waals surface area contributed by atoms with E-state index in [0.717, 1.165) is 5.56 Å². The Morgan fingerprint density at radius 2 is 1.74 bits per heavy atom. The molecule has 19 heavy (non-hydrogen) atoms. The molecule has 0 unspecified atom stereocenters. The van der Waals surface area contributed by atoms with Crippen LogP contribution < -0.4 is 5.06 Å². The molecular weight excluding hydrogens is 242 g/mol. The van der Waals surface area contributed by atoms with Gasteiger partial charge in [-0.3, -0.25) is 10.0 Å². The Hall–Kier alpha value is -2.17. The molecule has 0 saturated heterocycles. The highest BCUT2D eigenvalue weighted by molar-refractivity contribution is 6.04. The van der Waals surface area contributed by atoms with Crippen LogP contribution in [0.2, 0.25) is 0 Å². The number of benzene rings is 2. The average Bonchev–Trinajstić information content (AvgIpc) is 2.47. The molecule has 0 heterocycles. The predicted octanol–water partition coefficient (Wildman–Crippen LogP) is 2.87. The summed E-state index contributed by atoms with van der Waals surface area (Å²) in [6, 6.07) is 15.7. The summed E-state index contributed by atoms with van der Waals surface area (Å²) in [5.41, 5.74) is 1.60. The Bertz CT molecular complexity index is 554. The molecule has 0 aliphatic heterocycles. The first-order valence-corrected chi connectivity index (χ1v) is 5.89. The Balaban J connectivity index is 2.29. The highest BCUT2D eigenvalue weighted by atomic mass is 16.5. The number of para-hydroxylation sites is 1.